The van der Waals surface area contributed by atoms with Crippen LogP contribution in [0.4, 0.5) is 0 Å². The summed E-state index contributed by atoms with van der Waals surface area (Å²) in [5.41, 5.74) is 0. The minimum absolute atomic E-state index is 0.250. The Kier molecular flexibility index (Phi) is 31200. The molecule has 0 heterocycles. The zero-order valence-electron chi connectivity index (χ0n) is 4.18. The Bertz CT molecular complexity index is 36.2. The van der Waals surface area contributed by atoms with E-state index in [4.69, 9.17) is 14.7 Å². The lowest BCUT2D eigenvalue weighted by atomic mass is 11.3. The molecule has 42 valence electrons. The molecule has 0 aliphatic rings. The second-order valence-corrected chi connectivity index (χ2v) is 0.0833. The molecule has 0 saturated carbocycles. The highest BCUT2D eigenvalue weighted by Gasteiger charge is 1.13. The van der Waals surface area contributed by atoms with Crippen molar-refractivity contribution in [1.82, 2.24) is 0 Å². The standard InChI is InChI=1S/C2H4.CO2.CH4O/c1-2;2-1-3;1-2/h1-2H2;;2H,1H3. The molecule has 7 heavy (non-hydrogen) atoms. The van der Waals surface area contributed by atoms with Crippen molar-refractivity contribution >= 4 is 6.15 Å². The van der Waals surface area contributed by atoms with Crippen molar-refractivity contribution in [2.45, 2.75) is 0 Å². The van der Waals surface area contributed by atoms with Crippen LogP contribution in [-0.2, 0) is 9.59 Å². The molecule has 0 aromatic heterocycles. The van der Waals surface area contributed by atoms with Crippen LogP contribution in [0.3, 0.4) is 0 Å². The van der Waals surface area contributed by atoms with Gasteiger partial charge >= 0.3 is 6.15 Å². The molecule has 0 bridgehead atoms. The number of hydrogen-bond donors (Lipinski definition) is 1. The van der Waals surface area contributed by atoms with Gasteiger partial charge in [-0.15, -0.1) is 13.2 Å². The SMILES string of the molecule is C=C.CO.O=C=O. The van der Waals surface area contributed by atoms with E-state index >= 15 is 0 Å². The van der Waals surface area contributed by atoms with Crippen LogP contribution in [0.5, 0.6) is 0 Å². The van der Waals surface area contributed by atoms with Gasteiger partial charge in [-0.05, 0) is 0 Å². The topological polar surface area (TPSA) is 54.4 Å². The van der Waals surface area contributed by atoms with E-state index in [-0.39, 0.29) is 6.15 Å². The molecule has 0 aliphatic heterocycles. The first kappa shape index (κ1) is 16.5. The molecule has 0 radical (unpaired) electrons. The third kappa shape index (κ3) is 56.9. The molecule has 3 nitrogen and oxygen atoms in total. The Morgan fingerprint density at radius 1 is 1.29 bits per heavy atom. The molecule has 0 saturated heterocycles. The summed E-state index contributed by atoms with van der Waals surface area (Å²) < 4.78 is 0. The normalized spacial score (nSPS) is 2.57. The number of rotatable bonds is 0. The van der Waals surface area contributed by atoms with E-state index in [9.17, 15) is 0 Å². The van der Waals surface area contributed by atoms with E-state index in [1.165, 1.54) is 0 Å². The van der Waals surface area contributed by atoms with Crippen molar-refractivity contribution in [1.29, 1.82) is 0 Å². The summed E-state index contributed by atoms with van der Waals surface area (Å²) in [6, 6.07) is 0. The van der Waals surface area contributed by atoms with Gasteiger partial charge in [-0.1, -0.05) is 0 Å². The molecule has 0 aromatic rings. The zero-order valence-corrected chi connectivity index (χ0v) is 4.18. The number of aliphatic hydroxyl groups excluding tert-OH is 1. The lowest BCUT2D eigenvalue weighted by Gasteiger charge is -1.21. The zero-order chi connectivity index (χ0) is 6.71. The molecule has 0 atom stereocenters. The Morgan fingerprint density at radius 3 is 1.29 bits per heavy atom. The number of carbonyl (C=O) groups excluding carboxylic acids is 2. The number of hydrogen-bond acceptors (Lipinski definition) is 3. The summed E-state index contributed by atoms with van der Waals surface area (Å²) in [5.74, 6) is 0. The minimum Gasteiger partial charge on any atom is -0.400 e. The van der Waals surface area contributed by atoms with E-state index in [0.29, 0.717) is 0 Å². The summed E-state index contributed by atoms with van der Waals surface area (Å²) in [4.78, 5) is 16.2. The first-order chi connectivity index (χ1) is 3.41. The van der Waals surface area contributed by atoms with Gasteiger partial charge < -0.3 is 5.11 Å². The van der Waals surface area contributed by atoms with Gasteiger partial charge in [0.05, 0.1) is 0 Å². The quantitative estimate of drug-likeness (QED) is 0.434. The fourth-order valence-electron chi connectivity index (χ4n) is 0. The second-order valence-electron chi connectivity index (χ2n) is 0.0833. The molecular weight excluding hydrogens is 96.0 g/mol. The predicted molar refractivity (Wildman–Crippen MR) is 24.4 cm³/mol. The lowest BCUT2D eigenvalue weighted by molar-refractivity contribution is -0.191. The van der Waals surface area contributed by atoms with Crippen LogP contribution >= 0.6 is 0 Å². The highest BCUT2D eigenvalue weighted by molar-refractivity contribution is 5.20. The molecule has 0 amide bonds. The van der Waals surface area contributed by atoms with Crippen molar-refractivity contribution in [2.75, 3.05) is 7.11 Å². The maximum atomic E-state index is 8.12. The first-order valence-electron chi connectivity index (χ1n) is 1.36. The maximum absolute atomic E-state index is 8.12. The van der Waals surface area contributed by atoms with Gasteiger partial charge in [0.1, 0.15) is 0 Å². The molecule has 1 N–H and O–H groups in total. The van der Waals surface area contributed by atoms with E-state index in [2.05, 4.69) is 13.2 Å². The molecule has 0 rings (SSSR count). The van der Waals surface area contributed by atoms with E-state index < -0.39 is 0 Å². The van der Waals surface area contributed by atoms with Crippen molar-refractivity contribution in [3.05, 3.63) is 13.2 Å². The summed E-state index contributed by atoms with van der Waals surface area (Å²) >= 11 is 0. The van der Waals surface area contributed by atoms with Crippen LogP contribution in [0.25, 0.3) is 0 Å². The van der Waals surface area contributed by atoms with E-state index in [1.54, 1.807) is 0 Å². The van der Waals surface area contributed by atoms with Crippen LogP contribution in [0.1, 0.15) is 0 Å². The third-order valence-electron chi connectivity index (χ3n) is 0. The van der Waals surface area contributed by atoms with Gasteiger partial charge in [-0.3, -0.25) is 0 Å². The summed E-state index contributed by atoms with van der Waals surface area (Å²) in [7, 11) is 1.00. The van der Waals surface area contributed by atoms with Crippen LogP contribution in [0.15, 0.2) is 13.2 Å². The molecule has 0 aromatic carbocycles. The van der Waals surface area contributed by atoms with E-state index in [0.717, 1.165) is 7.11 Å². The first-order valence-corrected chi connectivity index (χ1v) is 1.36. The second kappa shape index (κ2) is 13200. The minimum atomic E-state index is 0.250. The maximum Gasteiger partial charge on any atom is 0.373 e. The fraction of sp³-hybridized carbons (Fsp3) is 0.250. The molecule has 0 aliphatic carbocycles. The Morgan fingerprint density at radius 2 is 1.29 bits per heavy atom. The largest absolute Gasteiger partial charge is 0.400 e. The smallest absolute Gasteiger partial charge is 0.373 e. The van der Waals surface area contributed by atoms with Crippen molar-refractivity contribution in [3.8, 4) is 0 Å². The Labute approximate surface area is 42.3 Å². The van der Waals surface area contributed by atoms with Crippen LogP contribution in [0, 0.1) is 0 Å². The fourth-order valence-corrected chi connectivity index (χ4v) is 0. The lowest BCUT2D eigenvalue weighted by Crippen LogP contribution is -1.25. The van der Waals surface area contributed by atoms with Gasteiger partial charge in [-0.25, -0.2) is 0 Å². The Balaban J connectivity index is -0.0000000360. The van der Waals surface area contributed by atoms with Crippen LogP contribution in [0.2, 0.25) is 0 Å². The average molecular weight is 104 g/mol. The van der Waals surface area contributed by atoms with Crippen LogP contribution < -0.4 is 0 Å². The van der Waals surface area contributed by atoms with E-state index in [1.807, 2.05) is 0 Å². The summed E-state index contributed by atoms with van der Waals surface area (Å²) in [5, 5.41) is 7.00. The van der Waals surface area contributed by atoms with Gasteiger partial charge in [0.15, 0.2) is 0 Å². The van der Waals surface area contributed by atoms with Gasteiger partial charge in [-0.2, -0.15) is 9.59 Å². The van der Waals surface area contributed by atoms with Gasteiger partial charge in [0.2, 0.25) is 0 Å². The highest BCUT2D eigenvalue weighted by Crippen LogP contribution is 0.862. The molecule has 0 fully saturated rings. The number of aliphatic hydroxyl groups is 1. The summed E-state index contributed by atoms with van der Waals surface area (Å²) in [6.07, 6.45) is 0.250. The monoisotopic (exact) mass is 104 g/mol. The van der Waals surface area contributed by atoms with Crippen LogP contribution in [-0.4, -0.2) is 18.4 Å². The molecule has 3 heteroatoms. The van der Waals surface area contributed by atoms with Crippen molar-refractivity contribution in [2.24, 2.45) is 0 Å². The molecule has 0 spiro atoms. The Hall–Kier alpha value is -0.920. The van der Waals surface area contributed by atoms with Gasteiger partial charge in [0.25, 0.3) is 0 Å². The van der Waals surface area contributed by atoms with Crippen molar-refractivity contribution in [3.63, 3.8) is 0 Å². The van der Waals surface area contributed by atoms with Crippen molar-refractivity contribution < 1.29 is 14.7 Å². The highest BCUT2D eigenvalue weighted by atomic mass is 16.2. The third-order valence-corrected chi connectivity index (χ3v) is 0. The molecular formula is C4H8O3. The predicted octanol–water partition coefficient (Wildman–Crippen LogP) is -0.173. The van der Waals surface area contributed by atoms with Gasteiger partial charge in [0, 0.05) is 7.11 Å². The molecule has 0 unspecified atom stereocenters. The summed E-state index contributed by atoms with van der Waals surface area (Å²) in [6.45, 7) is 6.00. The average Bonchev–Trinajstić information content (AvgIpc) is 1.78.